The Balaban J connectivity index is 1.43. The summed E-state index contributed by atoms with van der Waals surface area (Å²) in [4.78, 5) is 27.8. The van der Waals surface area contributed by atoms with Gasteiger partial charge in [-0.2, -0.15) is 0 Å². The maximum atomic E-state index is 15.1. The topological polar surface area (TPSA) is 59.1 Å². The Morgan fingerprint density at radius 2 is 1.69 bits per heavy atom. The van der Waals surface area contributed by atoms with E-state index < -0.39 is 11.6 Å². The van der Waals surface area contributed by atoms with Gasteiger partial charge in [0.25, 0.3) is 5.91 Å². The van der Waals surface area contributed by atoms with Crippen molar-refractivity contribution in [3.8, 4) is 0 Å². The Bertz CT molecular complexity index is 611. The highest BCUT2D eigenvalue weighted by molar-refractivity contribution is 5.86. The quantitative estimate of drug-likeness (QED) is 0.792. The lowest BCUT2D eigenvalue weighted by Crippen LogP contribution is -2.55. The molecule has 2 aliphatic heterocycles. The number of rotatable bonds is 5. The van der Waals surface area contributed by atoms with E-state index in [0.717, 1.165) is 5.56 Å². The Hall–Kier alpha value is -1.99. The Morgan fingerprint density at radius 1 is 1.04 bits per heavy atom. The third-order valence-corrected chi connectivity index (χ3v) is 4.93. The van der Waals surface area contributed by atoms with Gasteiger partial charge in [-0.05, 0) is 5.56 Å². The predicted octanol–water partition coefficient (Wildman–Crippen LogP) is 1.39. The highest BCUT2D eigenvalue weighted by Gasteiger charge is 2.45. The second-order valence-electron chi connectivity index (χ2n) is 6.73. The Labute approximate surface area is 152 Å². The van der Waals surface area contributed by atoms with Crippen LogP contribution in [0.25, 0.3) is 0 Å². The number of piperidine rings is 1. The number of benzene rings is 1. The summed E-state index contributed by atoms with van der Waals surface area (Å²) in [6, 6.07) is 9.61. The smallest absolute Gasteiger partial charge is 0.260 e. The van der Waals surface area contributed by atoms with E-state index in [1.54, 1.807) is 4.90 Å². The fraction of sp³-hybridized carbons (Fsp3) is 0.579. The lowest BCUT2D eigenvalue weighted by atomic mass is 9.91. The van der Waals surface area contributed by atoms with Gasteiger partial charge in [0.1, 0.15) is 6.61 Å². The van der Waals surface area contributed by atoms with Gasteiger partial charge in [-0.3, -0.25) is 9.59 Å². The number of amides is 2. The van der Waals surface area contributed by atoms with Gasteiger partial charge in [-0.25, -0.2) is 4.39 Å². The molecular weight excluding hydrogens is 339 g/mol. The lowest BCUT2D eigenvalue weighted by Gasteiger charge is -2.39. The molecule has 3 rings (SSSR count). The molecule has 1 aromatic rings. The zero-order chi connectivity index (χ0) is 18.4. The molecule has 7 heteroatoms. The minimum absolute atomic E-state index is 0.0353. The first-order valence-corrected chi connectivity index (χ1v) is 9.04. The molecule has 0 N–H and O–H groups in total. The largest absolute Gasteiger partial charge is 0.378 e. The van der Waals surface area contributed by atoms with Gasteiger partial charge in [0.2, 0.25) is 5.91 Å². The number of hydrogen-bond acceptors (Lipinski definition) is 4. The van der Waals surface area contributed by atoms with Crippen LogP contribution in [0.4, 0.5) is 4.39 Å². The van der Waals surface area contributed by atoms with Gasteiger partial charge in [0.15, 0.2) is 5.67 Å². The third kappa shape index (κ3) is 4.59. The van der Waals surface area contributed by atoms with E-state index >= 15 is 4.39 Å². The maximum absolute atomic E-state index is 15.1. The highest BCUT2D eigenvalue weighted by Crippen LogP contribution is 2.29. The molecule has 0 bridgehead atoms. The highest BCUT2D eigenvalue weighted by atomic mass is 19.1. The first-order valence-electron chi connectivity index (χ1n) is 9.04. The van der Waals surface area contributed by atoms with Crippen LogP contribution in [-0.2, 0) is 25.7 Å². The van der Waals surface area contributed by atoms with Crippen LogP contribution in [0.5, 0.6) is 0 Å². The predicted molar refractivity (Wildman–Crippen MR) is 93.2 cm³/mol. The van der Waals surface area contributed by atoms with E-state index in [9.17, 15) is 9.59 Å². The lowest BCUT2D eigenvalue weighted by molar-refractivity contribution is -0.154. The first kappa shape index (κ1) is 18.8. The van der Waals surface area contributed by atoms with E-state index in [-0.39, 0.29) is 38.4 Å². The van der Waals surface area contributed by atoms with Crippen LogP contribution in [0.3, 0.4) is 0 Å². The summed E-state index contributed by atoms with van der Waals surface area (Å²) in [7, 11) is 0. The Kier molecular flexibility index (Phi) is 6.21. The van der Waals surface area contributed by atoms with Crippen molar-refractivity contribution in [2.45, 2.75) is 25.1 Å². The number of ether oxygens (including phenoxy) is 2. The fourth-order valence-electron chi connectivity index (χ4n) is 3.30. The van der Waals surface area contributed by atoms with Gasteiger partial charge in [-0.15, -0.1) is 0 Å². The number of likely N-dealkylation sites (tertiary alicyclic amines) is 1. The maximum Gasteiger partial charge on any atom is 0.260 e. The number of morpholine rings is 1. The van der Waals surface area contributed by atoms with Crippen molar-refractivity contribution in [1.82, 2.24) is 9.80 Å². The number of carbonyl (C=O) groups excluding carboxylic acids is 2. The van der Waals surface area contributed by atoms with Crippen LogP contribution in [0.15, 0.2) is 30.3 Å². The molecule has 2 amide bonds. The molecule has 26 heavy (non-hydrogen) atoms. The molecule has 2 heterocycles. The Morgan fingerprint density at radius 3 is 2.35 bits per heavy atom. The molecule has 6 nitrogen and oxygen atoms in total. The molecule has 1 aromatic carbocycles. The normalized spacial score (nSPS) is 20.0. The van der Waals surface area contributed by atoms with Crippen molar-refractivity contribution in [1.29, 1.82) is 0 Å². The molecule has 0 unspecified atom stereocenters. The summed E-state index contributed by atoms with van der Waals surface area (Å²) in [5, 5.41) is 0. The van der Waals surface area contributed by atoms with Crippen molar-refractivity contribution >= 4 is 11.8 Å². The van der Waals surface area contributed by atoms with Crippen molar-refractivity contribution < 1.29 is 23.5 Å². The molecule has 2 aliphatic rings. The van der Waals surface area contributed by atoms with Crippen LogP contribution < -0.4 is 0 Å². The SMILES string of the molecule is O=C(COCc1ccccc1)N1CCC(F)(C(=O)N2CCOCC2)CC1. The summed E-state index contributed by atoms with van der Waals surface area (Å²) >= 11 is 0. The second kappa shape index (κ2) is 8.60. The molecule has 142 valence electrons. The summed E-state index contributed by atoms with van der Waals surface area (Å²) in [6.07, 6.45) is 0.0707. The van der Waals surface area contributed by atoms with E-state index in [4.69, 9.17) is 9.47 Å². The monoisotopic (exact) mass is 364 g/mol. The average Bonchev–Trinajstić information content (AvgIpc) is 2.69. The standard InChI is InChI=1S/C19H25FN2O4/c20-19(18(24)22-10-12-25-13-11-22)6-8-21(9-7-19)17(23)15-26-14-16-4-2-1-3-5-16/h1-5H,6-15H2. The zero-order valence-electron chi connectivity index (χ0n) is 14.9. The van der Waals surface area contributed by atoms with Crippen molar-refractivity contribution in [3.63, 3.8) is 0 Å². The van der Waals surface area contributed by atoms with Crippen LogP contribution in [0, 0.1) is 0 Å². The molecule has 0 aromatic heterocycles. The number of carbonyl (C=O) groups is 2. The molecule has 0 radical (unpaired) electrons. The van der Waals surface area contributed by atoms with Crippen molar-refractivity contribution in [2.75, 3.05) is 46.0 Å². The second-order valence-corrected chi connectivity index (χ2v) is 6.73. The van der Waals surface area contributed by atoms with Gasteiger partial charge in [-0.1, -0.05) is 30.3 Å². The average molecular weight is 364 g/mol. The van der Waals surface area contributed by atoms with E-state index in [0.29, 0.717) is 32.9 Å². The molecule has 0 atom stereocenters. The first-order chi connectivity index (χ1) is 12.6. The van der Waals surface area contributed by atoms with E-state index in [1.807, 2.05) is 30.3 Å². The fourth-order valence-corrected chi connectivity index (χ4v) is 3.30. The van der Waals surface area contributed by atoms with Gasteiger partial charge in [0, 0.05) is 39.0 Å². The molecule has 0 aliphatic carbocycles. The molecule has 0 spiro atoms. The molecule has 0 saturated carbocycles. The zero-order valence-corrected chi connectivity index (χ0v) is 14.9. The van der Waals surface area contributed by atoms with Gasteiger partial charge >= 0.3 is 0 Å². The summed E-state index contributed by atoms with van der Waals surface area (Å²) in [6.45, 7) is 2.56. The van der Waals surface area contributed by atoms with Crippen LogP contribution >= 0.6 is 0 Å². The van der Waals surface area contributed by atoms with E-state index in [1.165, 1.54) is 4.90 Å². The van der Waals surface area contributed by atoms with E-state index in [2.05, 4.69) is 0 Å². The van der Waals surface area contributed by atoms with Gasteiger partial charge < -0.3 is 19.3 Å². The van der Waals surface area contributed by atoms with Crippen molar-refractivity contribution in [3.05, 3.63) is 35.9 Å². The van der Waals surface area contributed by atoms with Crippen LogP contribution in [0.1, 0.15) is 18.4 Å². The third-order valence-electron chi connectivity index (χ3n) is 4.93. The minimum Gasteiger partial charge on any atom is -0.378 e. The summed E-state index contributed by atoms with van der Waals surface area (Å²) in [5.41, 5.74) is -0.878. The van der Waals surface area contributed by atoms with Crippen LogP contribution in [0.2, 0.25) is 0 Å². The van der Waals surface area contributed by atoms with Crippen molar-refractivity contribution in [2.24, 2.45) is 0 Å². The minimum atomic E-state index is -1.88. The summed E-state index contributed by atoms with van der Waals surface area (Å²) < 4.78 is 25.7. The number of nitrogens with zero attached hydrogens (tertiary/aromatic N) is 2. The summed E-state index contributed by atoms with van der Waals surface area (Å²) in [5.74, 6) is -0.630. The number of alkyl halides is 1. The number of halogens is 1. The van der Waals surface area contributed by atoms with Gasteiger partial charge in [0.05, 0.1) is 19.8 Å². The molecular formula is C19H25FN2O4. The number of hydrogen-bond donors (Lipinski definition) is 0. The molecule has 2 saturated heterocycles. The molecule has 2 fully saturated rings. The van der Waals surface area contributed by atoms with Crippen LogP contribution in [-0.4, -0.2) is 73.3 Å².